The number of hydrogen-bond donors (Lipinski definition) is 0. The Morgan fingerprint density at radius 1 is 1.12 bits per heavy atom. The van der Waals surface area contributed by atoms with E-state index in [1.165, 1.54) is 23.4 Å². The molecule has 3 rings (SSSR count). The van der Waals surface area contributed by atoms with Crippen molar-refractivity contribution in [1.29, 1.82) is 0 Å². The highest BCUT2D eigenvalue weighted by atomic mass is 19.4. The lowest BCUT2D eigenvalue weighted by Gasteiger charge is -2.12. The van der Waals surface area contributed by atoms with Crippen LogP contribution < -0.4 is 5.01 Å². The van der Waals surface area contributed by atoms with Gasteiger partial charge < -0.3 is 0 Å². The van der Waals surface area contributed by atoms with E-state index in [9.17, 15) is 18.0 Å². The highest BCUT2D eigenvalue weighted by Gasteiger charge is 2.33. The predicted molar refractivity (Wildman–Crippen MR) is 90.1 cm³/mol. The average Bonchev–Trinajstić information content (AvgIpc) is 2.88. The maximum atomic E-state index is 12.7. The van der Waals surface area contributed by atoms with Crippen LogP contribution >= 0.6 is 0 Å². The summed E-state index contributed by atoms with van der Waals surface area (Å²) in [5.74, 6) is -0.992. The summed E-state index contributed by atoms with van der Waals surface area (Å²) in [6.07, 6.45) is -3.10. The minimum absolute atomic E-state index is 0.133. The zero-order valence-electron chi connectivity index (χ0n) is 13.2. The zero-order chi connectivity index (χ0) is 18.0. The summed E-state index contributed by atoms with van der Waals surface area (Å²) >= 11 is 0. The summed E-state index contributed by atoms with van der Waals surface area (Å²) in [6, 6.07) is 13.6. The molecule has 0 spiro atoms. The lowest BCUT2D eigenvalue weighted by molar-refractivity contribution is -0.137. The maximum absolute atomic E-state index is 12.7. The van der Waals surface area contributed by atoms with Crippen molar-refractivity contribution >= 4 is 29.2 Å². The van der Waals surface area contributed by atoms with Crippen molar-refractivity contribution < 1.29 is 18.0 Å². The topological polar surface area (TPSA) is 45.0 Å². The van der Waals surface area contributed by atoms with Gasteiger partial charge in [0.2, 0.25) is 0 Å². The standard InChI is InChI=1S/C18H14F3N3O/c1-12-16(17(25)24(23-12)15-8-3-2-4-9-15)11-22-14-7-5-6-13(10-14)18(19,20)21/h2-11,16H,1H3/t16-/m0/s1. The van der Waals surface area contributed by atoms with Crippen molar-refractivity contribution in [2.75, 3.05) is 5.01 Å². The highest BCUT2D eigenvalue weighted by Crippen LogP contribution is 2.31. The van der Waals surface area contributed by atoms with Crippen LogP contribution in [0.3, 0.4) is 0 Å². The van der Waals surface area contributed by atoms with Gasteiger partial charge in [0.25, 0.3) is 5.91 Å². The molecule has 1 aliphatic rings. The molecule has 0 fully saturated rings. The number of hydrazone groups is 1. The molecule has 1 aliphatic heterocycles. The number of rotatable bonds is 3. The van der Waals surface area contributed by atoms with Gasteiger partial charge in [-0.15, -0.1) is 0 Å². The third kappa shape index (κ3) is 3.60. The summed E-state index contributed by atoms with van der Waals surface area (Å²) in [5, 5.41) is 5.50. The number of hydrogen-bond acceptors (Lipinski definition) is 3. The summed E-state index contributed by atoms with van der Waals surface area (Å²) in [4.78, 5) is 16.5. The Kier molecular flexibility index (Phi) is 4.39. The number of carbonyl (C=O) groups excluding carboxylic acids is 1. The molecule has 0 saturated heterocycles. The molecule has 0 unspecified atom stereocenters. The number of carbonyl (C=O) groups is 1. The number of nitrogens with zero attached hydrogens (tertiary/aromatic N) is 3. The van der Waals surface area contributed by atoms with Gasteiger partial charge in [0.15, 0.2) is 0 Å². The normalized spacial score (nSPS) is 18.1. The predicted octanol–water partition coefficient (Wildman–Crippen LogP) is 4.45. The largest absolute Gasteiger partial charge is 0.416 e. The third-order valence-corrected chi connectivity index (χ3v) is 3.73. The lowest BCUT2D eigenvalue weighted by atomic mass is 10.1. The molecule has 0 aliphatic carbocycles. The van der Waals surface area contributed by atoms with E-state index >= 15 is 0 Å². The first-order chi connectivity index (χ1) is 11.9. The Hall–Kier alpha value is -2.96. The van der Waals surface area contributed by atoms with E-state index < -0.39 is 17.7 Å². The molecule has 128 valence electrons. The number of anilines is 1. The van der Waals surface area contributed by atoms with Crippen LogP contribution in [-0.4, -0.2) is 17.8 Å². The van der Waals surface area contributed by atoms with Crippen LogP contribution in [-0.2, 0) is 11.0 Å². The van der Waals surface area contributed by atoms with Crippen molar-refractivity contribution in [2.24, 2.45) is 16.0 Å². The Morgan fingerprint density at radius 3 is 2.52 bits per heavy atom. The molecule has 0 radical (unpaired) electrons. The van der Waals surface area contributed by atoms with E-state index in [4.69, 9.17) is 0 Å². The summed E-state index contributed by atoms with van der Waals surface area (Å²) < 4.78 is 38.2. The number of alkyl halides is 3. The summed E-state index contributed by atoms with van der Waals surface area (Å²) in [5.41, 5.74) is 0.510. The van der Waals surface area contributed by atoms with Gasteiger partial charge in [0, 0.05) is 6.21 Å². The van der Waals surface area contributed by atoms with Gasteiger partial charge in [-0.05, 0) is 37.3 Å². The number of benzene rings is 2. The van der Waals surface area contributed by atoms with E-state index in [1.54, 1.807) is 31.2 Å². The monoisotopic (exact) mass is 345 g/mol. The molecule has 1 amide bonds. The molecule has 1 atom stereocenters. The van der Waals surface area contributed by atoms with Gasteiger partial charge in [0.1, 0.15) is 5.92 Å². The van der Waals surface area contributed by atoms with Crippen molar-refractivity contribution in [3.63, 3.8) is 0 Å². The fourth-order valence-electron chi connectivity index (χ4n) is 2.43. The van der Waals surface area contributed by atoms with E-state index in [2.05, 4.69) is 10.1 Å². The van der Waals surface area contributed by atoms with Crippen LogP contribution in [0.2, 0.25) is 0 Å². The fourth-order valence-corrected chi connectivity index (χ4v) is 2.43. The van der Waals surface area contributed by atoms with Gasteiger partial charge in [-0.3, -0.25) is 9.79 Å². The second-order valence-electron chi connectivity index (χ2n) is 5.53. The van der Waals surface area contributed by atoms with Gasteiger partial charge in [-0.2, -0.15) is 23.3 Å². The molecule has 0 N–H and O–H groups in total. The maximum Gasteiger partial charge on any atom is 0.416 e. The first-order valence-electron chi connectivity index (χ1n) is 7.52. The lowest BCUT2D eigenvalue weighted by Crippen LogP contribution is -2.27. The SMILES string of the molecule is CC1=NN(c2ccccc2)C(=O)[C@H]1C=Nc1cccc(C(F)(F)F)c1. The molecule has 0 saturated carbocycles. The first-order valence-corrected chi connectivity index (χ1v) is 7.52. The molecule has 2 aromatic rings. The minimum atomic E-state index is -4.43. The second kappa shape index (κ2) is 6.51. The zero-order valence-corrected chi connectivity index (χ0v) is 13.2. The molecule has 7 heteroatoms. The summed E-state index contributed by atoms with van der Waals surface area (Å²) in [6.45, 7) is 1.68. The Labute approximate surface area is 142 Å². The van der Waals surface area contributed by atoms with Crippen LogP contribution in [0.25, 0.3) is 0 Å². The molecule has 0 aromatic heterocycles. The van der Waals surface area contributed by atoms with E-state index in [0.717, 1.165) is 12.1 Å². The second-order valence-corrected chi connectivity index (χ2v) is 5.53. The van der Waals surface area contributed by atoms with Gasteiger partial charge in [-0.1, -0.05) is 24.3 Å². The summed E-state index contributed by atoms with van der Waals surface area (Å²) in [7, 11) is 0. The van der Waals surface area contributed by atoms with E-state index in [-0.39, 0.29) is 11.6 Å². The molecule has 0 bridgehead atoms. The van der Waals surface area contributed by atoms with Gasteiger partial charge in [0.05, 0.1) is 22.6 Å². The molecular weight excluding hydrogens is 331 g/mol. The number of amides is 1. The number of aliphatic imine (C=N–C) groups is 1. The van der Waals surface area contributed by atoms with Crippen molar-refractivity contribution in [2.45, 2.75) is 13.1 Å². The average molecular weight is 345 g/mol. The van der Waals surface area contributed by atoms with Crippen molar-refractivity contribution in [3.8, 4) is 0 Å². The quantitative estimate of drug-likeness (QED) is 0.758. The van der Waals surface area contributed by atoms with E-state index in [0.29, 0.717) is 11.4 Å². The Morgan fingerprint density at radius 2 is 1.84 bits per heavy atom. The molecule has 2 aromatic carbocycles. The van der Waals surface area contributed by atoms with Crippen LogP contribution in [0, 0.1) is 5.92 Å². The molecule has 25 heavy (non-hydrogen) atoms. The van der Waals surface area contributed by atoms with Crippen molar-refractivity contribution in [1.82, 2.24) is 0 Å². The Bertz CT molecular complexity index is 844. The first kappa shape index (κ1) is 16.9. The van der Waals surface area contributed by atoms with Gasteiger partial charge in [-0.25, -0.2) is 0 Å². The third-order valence-electron chi connectivity index (χ3n) is 3.73. The smallest absolute Gasteiger partial charge is 0.271 e. The Balaban J connectivity index is 1.81. The van der Waals surface area contributed by atoms with Crippen LogP contribution in [0.5, 0.6) is 0 Å². The number of halogens is 3. The van der Waals surface area contributed by atoms with E-state index in [1.807, 2.05) is 6.07 Å². The van der Waals surface area contributed by atoms with Gasteiger partial charge >= 0.3 is 6.18 Å². The molecule has 4 nitrogen and oxygen atoms in total. The van der Waals surface area contributed by atoms with Crippen LogP contribution in [0.4, 0.5) is 24.5 Å². The highest BCUT2D eigenvalue weighted by molar-refractivity contribution is 6.23. The minimum Gasteiger partial charge on any atom is -0.271 e. The molecule has 1 heterocycles. The fraction of sp³-hybridized carbons (Fsp3) is 0.167. The van der Waals surface area contributed by atoms with Crippen molar-refractivity contribution in [3.05, 3.63) is 60.2 Å². The van der Waals surface area contributed by atoms with Crippen LogP contribution in [0.1, 0.15) is 12.5 Å². The molecular formula is C18H14F3N3O. The number of para-hydroxylation sites is 1. The van der Waals surface area contributed by atoms with Crippen LogP contribution in [0.15, 0.2) is 64.7 Å².